The van der Waals surface area contributed by atoms with Crippen molar-refractivity contribution in [1.82, 2.24) is 15.6 Å². The van der Waals surface area contributed by atoms with E-state index in [-0.39, 0.29) is 0 Å². The van der Waals surface area contributed by atoms with Crippen LogP contribution in [0.1, 0.15) is 28.4 Å². The van der Waals surface area contributed by atoms with E-state index in [9.17, 15) is 4.79 Å². The molecule has 4 aromatic rings. The molecule has 0 radical (unpaired) electrons. The summed E-state index contributed by atoms with van der Waals surface area (Å²) in [6.45, 7) is 1.41. The molecule has 0 saturated carbocycles. The Balaban J connectivity index is 1.38. The van der Waals surface area contributed by atoms with Crippen LogP contribution in [0.4, 0.5) is 0 Å². The molecule has 1 aliphatic rings. The highest BCUT2D eigenvalue weighted by Crippen LogP contribution is 2.35. The fourth-order valence-electron chi connectivity index (χ4n) is 4.52. The molecule has 0 spiro atoms. The van der Waals surface area contributed by atoms with Crippen molar-refractivity contribution in [3.8, 4) is 33.9 Å². The number of aromatic nitrogens is 1. The Bertz CT molecular complexity index is 1390. The van der Waals surface area contributed by atoms with Crippen molar-refractivity contribution >= 4 is 12.4 Å². The number of carbonyl (C=O) groups excluding carboxylic acids is 1. The van der Waals surface area contributed by atoms with Crippen molar-refractivity contribution < 1.29 is 14.3 Å². The van der Waals surface area contributed by atoms with E-state index < -0.39 is 6.04 Å². The number of fused-ring (bicyclic) bond motifs is 1. The molecule has 1 unspecified atom stereocenters. The molecule has 0 saturated heterocycles. The van der Waals surface area contributed by atoms with Crippen LogP contribution in [0.15, 0.2) is 85.1 Å². The Morgan fingerprint density at radius 3 is 2.24 bits per heavy atom. The van der Waals surface area contributed by atoms with Crippen LogP contribution in [0, 0.1) is 0 Å². The summed E-state index contributed by atoms with van der Waals surface area (Å²) in [5.74, 6) is 1.55. The van der Waals surface area contributed by atoms with Gasteiger partial charge < -0.3 is 24.9 Å². The molecule has 1 aliphatic heterocycles. The van der Waals surface area contributed by atoms with Crippen LogP contribution in [0.2, 0.25) is 0 Å². The lowest BCUT2D eigenvalue weighted by atomic mass is 9.93. The minimum Gasteiger partial charge on any atom is -0.497 e. The van der Waals surface area contributed by atoms with E-state index in [4.69, 9.17) is 14.5 Å². The largest absolute Gasteiger partial charge is 0.497 e. The summed E-state index contributed by atoms with van der Waals surface area (Å²) in [5, 5.41) is 6.60. The van der Waals surface area contributed by atoms with E-state index >= 15 is 0 Å². The Hall–Kier alpha value is -4.42. The fraction of sp³-hybridized carbons (Fsp3) is 0.161. The third-order valence-electron chi connectivity index (χ3n) is 6.45. The average molecular weight is 492 g/mol. The second-order valence-electron chi connectivity index (χ2n) is 8.86. The number of nitrogens with one attached hydrogen (secondary N) is 2. The number of methoxy groups -OCH3 is 2. The summed E-state index contributed by atoms with van der Waals surface area (Å²) in [7, 11) is 3.31. The lowest BCUT2D eigenvalue weighted by molar-refractivity contribution is -0.109. The first kappa shape index (κ1) is 24.3. The van der Waals surface area contributed by atoms with Crippen molar-refractivity contribution in [1.29, 1.82) is 0 Å². The van der Waals surface area contributed by atoms with Crippen LogP contribution in [0.5, 0.6) is 11.5 Å². The van der Waals surface area contributed by atoms with Crippen LogP contribution in [-0.2, 0) is 17.9 Å². The van der Waals surface area contributed by atoms with Crippen LogP contribution in [0.25, 0.3) is 28.5 Å². The van der Waals surface area contributed by atoms with E-state index in [1.54, 1.807) is 20.4 Å². The smallest absolute Gasteiger partial charge is 0.146 e. The molecule has 0 amide bonds. The summed E-state index contributed by atoms with van der Waals surface area (Å²) in [5.41, 5.74) is 7.94. The molecule has 0 aliphatic carbocycles. The molecule has 0 fully saturated rings. The highest BCUT2D eigenvalue weighted by atomic mass is 16.5. The van der Waals surface area contributed by atoms with Crippen LogP contribution < -0.4 is 20.1 Å². The highest BCUT2D eigenvalue weighted by Gasteiger charge is 2.21. The fourth-order valence-corrected chi connectivity index (χ4v) is 4.52. The van der Waals surface area contributed by atoms with Gasteiger partial charge in [-0.25, -0.2) is 4.98 Å². The van der Waals surface area contributed by atoms with E-state index in [1.165, 1.54) is 5.56 Å². The van der Waals surface area contributed by atoms with E-state index in [1.807, 2.05) is 42.5 Å². The number of ether oxygens (including phenoxy) is 2. The summed E-state index contributed by atoms with van der Waals surface area (Å²) in [6.07, 6.45) is 4.62. The minimum absolute atomic E-state index is 0.401. The van der Waals surface area contributed by atoms with Crippen molar-refractivity contribution in [2.75, 3.05) is 14.2 Å². The Kier molecular flexibility index (Phi) is 7.28. The van der Waals surface area contributed by atoms with Crippen molar-refractivity contribution in [2.24, 2.45) is 0 Å². The number of hydrogen-bond donors (Lipinski definition) is 2. The second kappa shape index (κ2) is 11.1. The standard InChI is InChI=1S/C31H29N3O3/c1-36-25-14-22(15-26(16-25)37-2)19-32-18-21-8-10-24(11-9-21)31-27(23-6-4-3-5-7-23)17-28-29(34-31)12-13-33-30(28)20-35/h3-17,20,30,32-33H,18-19H2,1-2H3. The Morgan fingerprint density at radius 1 is 0.865 bits per heavy atom. The van der Waals surface area contributed by atoms with Gasteiger partial charge in [-0.2, -0.15) is 0 Å². The quantitative estimate of drug-likeness (QED) is 0.300. The maximum atomic E-state index is 11.7. The van der Waals surface area contributed by atoms with E-state index in [2.05, 4.69) is 53.1 Å². The zero-order chi connectivity index (χ0) is 25.6. The molecule has 5 rings (SSSR count). The lowest BCUT2D eigenvalue weighted by Crippen LogP contribution is -2.21. The molecule has 186 valence electrons. The molecule has 1 aromatic heterocycles. The van der Waals surface area contributed by atoms with Gasteiger partial charge in [0.1, 0.15) is 23.8 Å². The van der Waals surface area contributed by atoms with Gasteiger partial charge in [0.05, 0.1) is 25.6 Å². The first-order chi connectivity index (χ1) is 18.2. The van der Waals surface area contributed by atoms with Crippen LogP contribution in [-0.4, -0.2) is 25.5 Å². The first-order valence-electron chi connectivity index (χ1n) is 12.2. The molecule has 2 N–H and O–H groups in total. The number of benzene rings is 3. The number of nitrogens with zero attached hydrogens (tertiary/aromatic N) is 1. The third-order valence-corrected chi connectivity index (χ3v) is 6.45. The Labute approximate surface area is 217 Å². The van der Waals surface area contributed by atoms with Crippen LogP contribution in [0.3, 0.4) is 0 Å². The summed E-state index contributed by atoms with van der Waals surface area (Å²) < 4.78 is 10.7. The number of hydrogen-bond acceptors (Lipinski definition) is 6. The molecule has 37 heavy (non-hydrogen) atoms. The minimum atomic E-state index is -0.401. The number of aldehydes is 1. The number of pyridine rings is 1. The molecular formula is C31H29N3O3. The predicted octanol–water partition coefficient (Wildman–Crippen LogP) is 5.54. The van der Waals surface area contributed by atoms with E-state index in [0.29, 0.717) is 6.54 Å². The van der Waals surface area contributed by atoms with Crippen LogP contribution >= 0.6 is 0 Å². The summed E-state index contributed by atoms with van der Waals surface area (Å²) in [6, 6.07) is 26.2. The number of carbonyl (C=O) groups is 1. The lowest BCUT2D eigenvalue weighted by Gasteiger charge is -2.21. The Morgan fingerprint density at radius 2 is 1.57 bits per heavy atom. The van der Waals surface area contributed by atoms with Gasteiger partial charge in [0.2, 0.25) is 0 Å². The van der Waals surface area contributed by atoms with Gasteiger partial charge in [-0.1, -0.05) is 54.6 Å². The van der Waals surface area contributed by atoms with Crippen molar-refractivity contribution in [2.45, 2.75) is 19.1 Å². The first-order valence-corrected chi connectivity index (χ1v) is 12.2. The van der Waals surface area contributed by atoms with Crippen molar-refractivity contribution in [3.63, 3.8) is 0 Å². The topological polar surface area (TPSA) is 72.5 Å². The maximum absolute atomic E-state index is 11.7. The van der Waals surface area contributed by atoms with Gasteiger partial charge in [-0.05, 0) is 47.2 Å². The van der Waals surface area contributed by atoms with Gasteiger partial charge in [-0.15, -0.1) is 0 Å². The van der Waals surface area contributed by atoms with Gasteiger partial charge in [0.25, 0.3) is 0 Å². The third kappa shape index (κ3) is 5.39. The SMILES string of the molecule is COc1cc(CNCc2ccc(-c3nc4c(cc3-c3ccccc3)C(C=O)NC=C4)cc2)cc(OC)c1. The summed E-state index contributed by atoms with van der Waals surface area (Å²) >= 11 is 0. The highest BCUT2D eigenvalue weighted by molar-refractivity contribution is 5.84. The molecule has 2 heterocycles. The zero-order valence-electron chi connectivity index (χ0n) is 20.9. The molecule has 3 aromatic carbocycles. The van der Waals surface area contributed by atoms with Gasteiger partial charge in [-0.3, -0.25) is 0 Å². The predicted molar refractivity (Wildman–Crippen MR) is 146 cm³/mol. The zero-order valence-corrected chi connectivity index (χ0v) is 20.9. The molecular weight excluding hydrogens is 462 g/mol. The second-order valence-corrected chi connectivity index (χ2v) is 8.86. The normalized spacial score (nSPS) is 13.9. The average Bonchev–Trinajstić information content (AvgIpc) is 2.96. The van der Waals surface area contributed by atoms with Gasteiger partial charge >= 0.3 is 0 Å². The maximum Gasteiger partial charge on any atom is 0.146 e. The molecule has 6 nitrogen and oxygen atoms in total. The van der Waals surface area contributed by atoms with Crippen molar-refractivity contribution in [3.05, 3.63) is 107 Å². The molecule has 0 bridgehead atoms. The summed E-state index contributed by atoms with van der Waals surface area (Å²) in [4.78, 5) is 16.7. The van der Waals surface area contributed by atoms with Gasteiger partial charge in [0, 0.05) is 35.8 Å². The monoisotopic (exact) mass is 491 g/mol. The number of rotatable bonds is 9. The molecule has 6 heteroatoms. The van der Waals surface area contributed by atoms with Gasteiger partial charge in [0.15, 0.2) is 0 Å². The van der Waals surface area contributed by atoms with E-state index in [0.717, 1.165) is 63.5 Å². The molecule has 1 atom stereocenters.